The molecule has 100 valence electrons. The lowest BCUT2D eigenvalue weighted by Crippen LogP contribution is -2.24. The van der Waals surface area contributed by atoms with Crippen molar-refractivity contribution in [1.29, 1.82) is 0 Å². The highest BCUT2D eigenvalue weighted by atomic mass is 19.1. The molecule has 0 saturated heterocycles. The van der Waals surface area contributed by atoms with Crippen molar-refractivity contribution in [3.05, 3.63) is 64.7 Å². The molecule has 3 heteroatoms. The van der Waals surface area contributed by atoms with Gasteiger partial charge in [0.05, 0.1) is 12.2 Å². The smallest absolute Gasteiger partial charge is 0.146 e. The minimum Gasteiger partial charge on any atom is -0.306 e. The average molecular weight is 258 g/mol. The van der Waals surface area contributed by atoms with Gasteiger partial charge in [0, 0.05) is 11.8 Å². The molecule has 0 saturated carbocycles. The Kier molecular flexibility index (Phi) is 4.27. The van der Waals surface area contributed by atoms with E-state index >= 15 is 0 Å². The van der Waals surface area contributed by atoms with Gasteiger partial charge in [0.15, 0.2) is 0 Å². The summed E-state index contributed by atoms with van der Waals surface area (Å²) in [5, 5.41) is 3.37. The number of halogens is 1. The number of nitrogens with one attached hydrogen (secondary N) is 1. The van der Waals surface area contributed by atoms with E-state index in [0.717, 1.165) is 12.1 Å². The molecule has 2 rings (SSSR count). The van der Waals surface area contributed by atoms with Gasteiger partial charge in [-0.3, -0.25) is 4.98 Å². The fourth-order valence-corrected chi connectivity index (χ4v) is 2.47. The van der Waals surface area contributed by atoms with E-state index in [9.17, 15) is 4.39 Å². The molecule has 0 radical (unpaired) electrons. The summed E-state index contributed by atoms with van der Waals surface area (Å²) in [7, 11) is 0. The lowest BCUT2D eigenvalue weighted by atomic mass is 9.91. The predicted octanol–water partition coefficient (Wildman–Crippen LogP) is 3.54. The van der Waals surface area contributed by atoms with Crippen LogP contribution in [0.4, 0.5) is 4.39 Å². The normalized spacial score (nSPS) is 12.4. The van der Waals surface area contributed by atoms with Crippen LogP contribution in [0.1, 0.15) is 35.2 Å². The first kappa shape index (κ1) is 13.7. The van der Waals surface area contributed by atoms with E-state index in [1.165, 1.54) is 17.3 Å². The van der Waals surface area contributed by atoms with Gasteiger partial charge in [0.25, 0.3) is 0 Å². The molecule has 1 atom stereocenters. The second kappa shape index (κ2) is 5.93. The van der Waals surface area contributed by atoms with Gasteiger partial charge in [-0.15, -0.1) is 0 Å². The molecular formula is C16H19FN2. The van der Waals surface area contributed by atoms with Crippen LogP contribution >= 0.6 is 0 Å². The van der Waals surface area contributed by atoms with Crippen LogP contribution in [0.15, 0.2) is 36.7 Å². The van der Waals surface area contributed by atoms with Crippen molar-refractivity contribution in [2.24, 2.45) is 0 Å². The van der Waals surface area contributed by atoms with E-state index < -0.39 is 0 Å². The molecule has 1 aromatic heterocycles. The molecule has 0 aliphatic rings. The minimum absolute atomic E-state index is 0.130. The number of rotatable bonds is 4. The molecule has 1 heterocycles. The number of benzene rings is 1. The molecular weight excluding hydrogens is 239 g/mol. The number of nitrogens with zero attached hydrogens (tertiary/aromatic N) is 1. The van der Waals surface area contributed by atoms with E-state index in [-0.39, 0.29) is 11.9 Å². The van der Waals surface area contributed by atoms with E-state index in [1.54, 1.807) is 12.3 Å². The summed E-state index contributed by atoms with van der Waals surface area (Å²) in [5.41, 5.74) is 4.13. The predicted molar refractivity (Wildman–Crippen MR) is 75.6 cm³/mol. The summed E-state index contributed by atoms with van der Waals surface area (Å²) < 4.78 is 14.0. The number of pyridine rings is 1. The summed E-state index contributed by atoms with van der Waals surface area (Å²) in [5.74, 6) is -0.267. The summed E-state index contributed by atoms with van der Waals surface area (Å²) in [4.78, 5) is 3.82. The molecule has 1 aromatic carbocycles. The second-order valence-corrected chi connectivity index (χ2v) is 4.69. The Labute approximate surface area is 113 Å². The second-order valence-electron chi connectivity index (χ2n) is 4.69. The van der Waals surface area contributed by atoms with Crippen molar-refractivity contribution in [3.8, 4) is 0 Å². The molecule has 0 fully saturated rings. The van der Waals surface area contributed by atoms with Gasteiger partial charge in [0.2, 0.25) is 0 Å². The highest BCUT2D eigenvalue weighted by molar-refractivity contribution is 5.41. The fraction of sp³-hybridized carbons (Fsp3) is 0.312. The number of aromatic nitrogens is 1. The van der Waals surface area contributed by atoms with Crippen molar-refractivity contribution in [2.45, 2.75) is 26.8 Å². The summed E-state index contributed by atoms with van der Waals surface area (Å²) in [6.45, 7) is 6.93. The summed E-state index contributed by atoms with van der Waals surface area (Å²) in [6.07, 6.45) is 2.91. The van der Waals surface area contributed by atoms with Crippen LogP contribution in [-0.4, -0.2) is 11.5 Å². The number of hydrogen-bond donors (Lipinski definition) is 1. The molecule has 1 N–H and O–H groups in total. The molecule has 0 aliphatic carbocycles. The van der Waals surface area contributed by atoms with Crippen molar-refractivity contribution in [1.82, 2.24) is 10.3 Å². The maximum absolute atomic E-state index is 14.0. The van der Waals surface area contributed by atoms with Crippen molar-refractivity contribution in [3.63, 3.8) is 0 Å². The van der Waals surface area contributed by atoms with Crippen molar-refractivity contribution in [2.75, 3.05) is 6.54 Å². The van der Waals surface area contributed by atoms with Gasteiger partial charge in [-0.25, -0.2) is 4.39 Å². The standard InChI is InChI=1S/C16H19FN2/c1-4-19-16(13-8-9-18-10-14(13)17)15-11(2)6-5-7-12(15)3/h5-10,16,19H,4H2,1-3H3. The van der Waals surface area contributed by atoms with Crippen LogP contribution in [0.5, 0.6) is 0 Å². The van der Waals surface area contributed by atoms with E-state index in [0.29, 0.717) is 5.56 Å². The van der Waals surface area contributed by atoms with E-state index in [1.807, 2.05) is 13.0 Å². The third kappa shape index (κ3) is 2.82. The lowest BCUT2D eigenvalue weighted by Gasteiger charge is -2.23. The molecule has 2 nitrogen and oxygen atoms in total. The van der Waals surface area contributed by atoms with E-state index in [4.69, 9.17) is 0 Å². The van der Waals surface area contributed by atoms with Gasteiger partial charge in [0.1, 0.15) is 5.82 Å². The zero-order valence-electron chi connectivity index (χ0n) is 11.6. The van der Waals surface area contributed by atoms with Crippen molar-refractivity contribution < 1.29 is 4.39 Å². The van der Waals surface area contributed by atoms with Crippen LogP contribution in [0.3, 0.4) is 0 Å². The number of aryl methyl sites for hydroxylation is 2. The van der Waals surface area contributed by atoms with Crippen LogP contribution in [0.2, 0.25) is 0 Å². The Bertz CT molecular complexity index is 546. The zero-order valence-corrected chi connectivity index (χ0v) is 11.6. The molecule has 0 amide bonds. The molecule has 2 aromatic rings. The van der Waals surface area contributed by atoms with Crippen LogP contribution in [0, 0.1) is 19.7 Å². The number of hydrogen-bond acceptors (Lipinski definition) is 2. The van der Waals surface area contributed by atoms with Crippen LogP contribution < -0.4 is 5.32 Å². The largest absolute Gasteiger partial charge is 0.306 e. The lowest BCUT2D eigenvalue weighted by molar-refractivity contribution is 0.552. The van der Waals surface area contributed by atoms with Gasteiger partial charge in [-0.05, 0) is 43.1 Å². The Morgan fingerprint density at radius 1 is 1.21 bits per heavy atom. The van der Waals surface area contributed by atoms with E-state index in [2.05, 4.69) is 36.3 Å². The first-order chi connectivity index (χ1) is 9.15. The average Bonchev–Trinajstić information content (AvgIpc) is 2.38. The van der Waals surface area contributed by atoms with Crippen LogP contribution in [-0.2, 0) is 0 Å². The monoisotopic (exact) mass is 258 g/mol. The van der Waals surface area contributed by atoms with Gasteiger partial charge >= 0.3 is 0 Å². The fourth-order valence-electron chi connectivity index (χ4n) is 2.47. The first-order valence-electron chi connectivity index (χ1n) is 6.54. The summed E-state index contributed by atoms with van der Waals surface area (Å²) >= 11 is 0. The maximum Gasteiger partial charge on any atom is 0.146 e. The maximum atomic E-state index is 14.0. The molecule has 0 spiro atoms. The van der Waals surface area contributed by atoms with Gasteiger partial charge in [-0.1, -0.05) is 25.1 Å². The van der Waals surface area contributed by atoms with Crippen LogP contribution in [0.25, 0.3) is 0 Å². The molecule has 1 unspecified atom stereocenters. The molecule has 19 heavy (non-hydrogen) atoms. The topological polar surface area (TPSA) is 24.9 Å². The molecule has 0 aliphatic heterocycles. The third-order valence-corrected chi connectivity index (χ3v) is 3.35. The zero-order chi connectivity index (χ0) is 13.8. The Balaban J connectivity index is 2.55. The van der Waals surface area contributed by atoms with Gasteiger partial charge < -0.3 is 5.32 Å². The Morgan fingerprint density at radius 2 is 1.89 bits per heavy atom. The summed E-state index contributed by atoms with van der Waals surface area (Å²) in [6, 6.07) is 7.76. The highest BCUT2D eigenvalue weighted by Gasteiger charge is 2.20. The Morgan fingerprint density at radius 3 is 2.47 bits per heavy atom. The van der Waals surface area contributed by atoms with Crippen molar-refractivity contribution >= 4 is 0 Å². The SMILES string of the molecule is CCNC(c1ccncc1F)c1c(C)cccc1C. The minimum atomic E-state index is -0.267. The van der Waals surface area contributed by atoms with Gasteiger partial charge in [-0.2, -0.15) is 0 Å². The Hall–Kier alpha value is -1.74. The quantitative estimate of drug-likeness (QED) is 0.907. The molecule has 0 bridgehead atoms. The highest BCUT2D eigenvalue weighted by Crippen LogP contribution is 2.28. The third-order valence-electron chi connectivity index (χ3n) is 3.35. The first-order valence-corrected chi connectivity index (χ1v) is 6.54.